The first-order valence-electron chi connectivity index (χ1n) is 6.23. The van der Waals surface area contributed by atoms with Gasteiger partial charge in [0.25, 0.3) is 0 Å². The van der Waals surface area contributed by atoms with Gasteiger partial charge in [-0.2, -0.15) is 0 Å². The predicted octanol–water partition coefficient (Wildman–Crippen LogP) is 2.79. The van der Waals surface area contributed by atoms with E-state index in [9.17, 15) is 9.59 Å². The van der Waals surface area contributed by atoms with Crippen molar-refractivity contribution < 1.29 is 19.1 Å². The number of hydrogen-bond donors (Lipinski definition) is 0. The van der Waals surface area contributed by atoms with Crippen LogP contribution in [0.25, 0.3) is 0 Å². The molecule has 0 fully saturated rings. The van der Waals surface area contributed by atoms with Crippen LogP contribution in [0.3, 0.4) is 0 Å². The smallest absolute Gasteiger partial charge is 0.309 e. The third-order valence-corrected chi connectivity index (χ3v) is 2.19. The zero-order valence-corrected chi connectivity index (χ0v) is 10.9. The minimum absolute atomic E-state index is 0.233. The largest absolute Gasteiger partial charge is 0.465 e. The highest BCUT2D eigenvalue weighted by Crippen LogP contribution is 2.02. The number of hydrogen-bond acceptors (Lipinski definition) is 4. The Morgan fingerprint density at radius 1 is 0.778 bits per heavy atom. The minimum atomic E-state index is -0.233. The summed E-state index contributed by atoms with van der Waals surface area (Å²) >= 11 is 0. The van der Waals surface area contributed by atoms with Crippen molar-refractivity contribution in [3.63, 3.8) is 0 Å². The van der Waals surface area contributed by atoms with Gasteiger partial charge < -0.3 is 9.47 Å². The maximum atomic E-state index is 11.0. The third-order valence-electron chi connectivity index (χ3n) is 2.19. The quantitative estimate of drug-likeness (QED) is 0.323. The van der Waals surface area contributed by atoms with E-state index in [-0.39, 0.29) is 24.8 Å². The van der Waals surface area contributed by atoms with E-state index >= 15 is 0 Å². The van der Waals surface area contributed by atoms with Crippen LogP contribution in [0.4, 0.5) is 0 Å². The lowest BCUT2D eigenvalue weighted by Gasteiger charge is -2.04. The molecule has 0 spiro atoms. The number of carbonyl (C=O) groups excluding carboxylic acids is 2. The van der Waals surface area contributed by atoms with Gasteiger partial charge in [0.1, 0.15) is 0 Å². The molecule has 0 atom stereocenters. The maximum absolute atomic E-state index is 11.0. The van der Waals surface area contributed by atoms with E-state index in [1.54, 1.807) is 0 Å². The first-order chi connectivity index (χ1) is 8.70. The Bertz CT molecular complexity index is 243. The monoisotopic (exact) mass is 254 g/mol. The van der Waals surface area contributed by atoms with Crippen LogP contribution in [0, 0.1) is 0 Å². The van der Waals surface area contributed by atoms with Gasteiger partial charge in [0.2, 0.25) is 0 Å². The fourth-order valence-electron chi connectivity index (χ4n) is 1.28. The second kappa shape index (κ2) is 11.9. The molecule has 0 radical (unpaired) electrons. The average molecular weight is 254 g/mol. The third kappa shape index (κ3) is 10.9. The van der Waals surface area contributed by atoms with E-state index in [0.29, 0.717) is 13.2 Å². The van der Waals surface area contributed by atoms with Gasteiger partial charge >= 0.3 is 11.9 Å². The summed E-state index contributed by atoms with van der Waals surface area (Å²) in [6.07, 6.45) is 7.17. The number of ether oxygens (including phenoxy) is 2. The van der Waals surface area contributed by atoms with E-state index in [4.69, 9.17) is 9.47 Å². The first-order valence-corrected chi connectivity index (χ1v) is 6.23. The molecule has 0 unspecified atom stereocenters. The molecular weight excluding hydrogens is 232 g/mol. The summed E-state index contributed by atoms with van der Waals surface area (Å²) in [5, 5.41) is 0. The van der Waals surface area contributed by atoms with Gasteiger partial charge in [0, 0.05) is 0 Å². The fourth-order valence-corrected chi connectivity index (χ4v) is 1.28. The van der Waals surface area contributed by atoms with Crippen molar-refractivity contribution in [3.05, 3.63) is 25.3 Å². The van der Waals surface area contributed by atoms with Crippen molar-refractivity contribution in [3.8, 4) is 0 Å². The van der Waals surface area contributed by atoms with E-state index in [2.05, 4.69) is 13.2 Å². The van der Waals surface area contributed by atoms with Crippen LogP contribution >= 0.6 is 0 Å². The fraction of sp³-hybridized carbons (Fsp3) is 0.571. The number of rotatable bonds is 11. The van der Waals surface area contributed by atoms with Gasteiger partial charge in [-0.15, -0.1) is 13.2 Å². The molecule has 0 saturated carbocycles. The standard InChI is InChI=1S/C14H22O4/c1-3-9-13(15)17-11-7-5-6-8-12-18-14(16)10-4-2/h3-4H,1-2,5-12H2. The van der Waals surface area contributed by atoms with Gasteiger partial charge in [-0.25, -0.2) is 0 Å². The molecule has 102 valence electrons. The summed E-state index contributed by atoms with van der Waals surface area (Å²) in [5.74, 6) is -0.466. The van der Waals surface area contributed by atoms with E-state index < -0.39 is 0 Å². The van der Waals surface area contributed by atoms with Crippen LogP contribution in [-0.4, -0.2) is 25.2 Å². The van der Waals surface area contributed by atoms with Crippen molar-refractivity contribution in [1.29, 1.82) is 0 Å². The molecule has 0 heterocycles. The molecule has 0 aromatic carbocycles. The molecule has 18 heavy (non-hydrogen) atoms. The average Bonchev–Trinajstić information content (AvgIpc) is 2.33. The van der Waals surface area contributed by atoms with E-state index in [0.717, 1.165) is 25.7 Å². The Morgan fingerprint density at radius 2 is 1.17 bits per heavy atom. The highest BCUT2D eigenvalue weighted by molar-refractivity contribution is 5.71. The molecule has 4 heteroatoms. The van der Waals surface area contributed by atoms with Crippen LogP contribution in [0.5, 0.6) is 0 Å². The highest BCUT2D eigenvalue weighted by atomic mass is 16.5. The van der Waals surface area contributed by atoms with Gasteiger partial charge in [-0.3, -0.25) is 9.59 Å². The van der Waals surface area contributed by atoms with Gasteiger partial charge in [-0.1, -0.05) is 12.2 Å². The van der Waals surface area contributed by atoms with Crippen LogP contribution in [0.15, 0.2) is 25.3 Å². The maximum Gasteiger partial charge on any atom is 0.309 e. The van der Waals surface area contributed by atoms with Crippen LogP contribution < -0.4 is 0 Å². The second-order valence-corrected chi connectivity index (χ2v) is 3.84. The number of unbranched alkanes of at least 4 members (excludes halogenated alkanes) is 3. The molecule has 0 rings (SSSR count). The van der Waals surface area contributed by atoms with Gasteiger partial charge in [-0.05, 0) is 25.7 Å². The van der Waals surface area contributed by atoms with Crippen LogP contribution in [0.1, 0.15) is 38.5 Å². The summed E-state index contributed by atoms with van der Waals surface area (Å²) in [6.45, 7) is 7.81. The molecule has 0 saturated heterocycles. The Labute approximate surface area is 109 Å². The topological polar surface area (TPSA) is 52.6 Å². The zero-order valence-electron chi connectivity index (χ0n) is 10.9. The molecule has 0 aliphatic carbocycles. The van der Waals surface area contributed by atoms with Crippen LogP contribution in [-0.2, 0) is 19.1 Å². The van der Waals surface area contributed by atoms with E-state index in [1.165, 1.54) is 12.2 Å². The number of esters is 2. The zero-order chi connectivity index (χ0) is 13.6. The Balaban J connectivity index is 3.21. The SMILES string of the molecule is C=CCC(=O)OCCCCCCOC(=O)CC=C. The van der Waals surface area contributed by atoms with Gasteiger partial charge in [0.05, 0.1) is 26.1 Å². The lowest BCUT2D eigenvalue weighted by atomic mass is 10.2. The van der Waals surface area contributed by atoms with Crippen molar-refractivity contribution >= 4 is 11.9 Å². The Kier molecular flexibility index (Phi) is 10.8. The summed E-state index contributed by atoms with van der Waals surface area (Å²) in [5.41, 5.74) is 0. The molecule has 0 amide bonds. The molecule has 0 N–H and O–H groups in total. The lowest BCUT2D eigenvalue weighted by Crippen LogP contribution is -2.05. The normalized spacial score (nSPS) is 9.56. The molecule has 0 aromatic rings. The Hall–Kier alpha value is -1.58. The molecule has 4 nitrogen and oxygen atoms in total. The van der Waals surface area contributed by atoms with Gasteiger partial charge in [0.15, 0.2) is 0 Å². The lowest BCUT2D eigenvalue weighted by molar-refractivity contribution is -0.143. The summed E-state index contributed by atoms with van der Waals surface area (Å²) in [7, 11) is 0. The van der Waals surface area contributed by atoms with Crippen molar-refractivity contribution in [2.75, 3.05) is 13.2 Å². The Morgan fingerprint density at radius 3 is 1.50 bits per heavy atom. The molecular formula is C14H22O4. The molecule has 0 aliphatic rings. The summed E-state index contributed by atoms with van der Waals surface area (Å²) < 4.78 is 9.91. The first kappa shape index (κ1) is 16.4. The second-order valence-electron chi connectivity index (χ2n) is 3.84. The summed E-state index contributed by atoms with van der Waals surface area (Å²) in [4.78, 5) is 21.9. The molecule has 0 bridgehead atoms. The predicted molar refractivity (Wildman–Crippen MR) is 70.0 cm³/mol. The van der Waals surface area contributed by atoms with Crippen molar-refractivity contribution in [1.82, 2.24) is 0 Å². The van der Waals surface area contributed by atoms with Crippen molar-refractivity contribution in [2.45, 2.75) is 38.5 Å². The van der Waals surface area contributed by atoms with E-state index in [1.807, 2.05) is 0 Å². The molecule has 0 aliphatic heterocycles. The molecule has 0 aromatic heterocycles. The number of carbonyl (C=O) groups is 2. The van der Waals surface area contributed by atoms with Crippen LogP contribution in [0.2, 0.25) is 0 Å². The minimum Gasteiger partial charge on any atom is -0.465 e. The van der Waals surface area contributed by atoms with Crippen molar-refractivity contribution in [2.24, 2.45) is 0 Å². The summed E-state index contributed by atoms with van der Waals surface area (Å²) in [6, 6.07) is 0. The highest BCUT2D eigenvalue weighted by Gasteiger charge is 2.00.